The quantitative estimate of drug-likeness (QED) is 0.809. The van der Waals surface area contributed by atoms with Gasteiger partial charge in [0.1, 0.15) is 5.82 Å². The average molecular weight is 208 g/mol. The Bertz CT molecular complexity index is 369. The van der Waals surface area contributed by atoms with Crippen molar-refractivity contribution in [3.63, 3.8) is 0 Å². The van der Waals surface area contributed by atoms with Crippen molar-refractivity contribution in [2.24, 2.45) is 5.41 Å². The fraction of sp³-hybridized carbons (Fsp3) is 0.538. The molecule has 0 amide bonds. The number of aliphatic hydroxyl groups is 1. The summed E-state index contributed by atoms with van der Waals surface area (Å²) in [4.78, 5) is 0. The van der Waals surface area contributed by atoms with Crippen molar-refractivity contribution >= 4 is 0 Å². The van der Waals surface area contributed by atoms with Crippen molar-refractivity contribution in [2.75, 3.05) is 0 Å². The summed E-state index contributed by atoms with van der Waals surface area (Å²) in [5, 5.41) is 9.99. The number of aliphatic hydroxyl groups excluding tert-OH is 1. The van der Waals surface area contributed by atoms with E-state index in [4.69, 9.17) is 0 Å². The van der Waals surface area contributed by atoms with Crippen LogP contribution in [-0.2, 0) is 6.42 Å². The van der Waals surface area contributed by atoms with E-state index in [0.29, 0.717) is 6.42 Å². The molecule has 1 fully saturated rings. The molecule has 0 heterocycles. The maximum atomic E-state index is 13.0. The van der Waals surface area contributed by atoms with Gasteiger partial charge in [-0.05, 0) is 54.9 Å². The molecule has 1 unspecified atom stereocenters. The molecule has 1 N–H and O–H groups in total. The summed E-state index contributed by atoms with van der Waals surface area (Å²) < 4.78 is 13.0. The molecule has 0 aromatic heterocycles. The van der Waals surface area contributed by atoms with Crippen LogP contribution in [0.2, 0.25) is 0 Å². The zero-order valence-corrected chi connectivity index (χ0v) is 9.26. The highest BCUT2D eigenvalue weighted by molar-refractivity contribution is 5.27. The van der Waals surface area contributed by atoms with Crippen LogP contribution in [-0.4, -0.2) is 11.2 Å². The fourth-order valence-corrected chi connectivity index (χ4v) is 1.85. The van der Waals surface area contributed by atoms with E-state index >= 15 is 0 Å². The van der Waals surface area contributed by atoms with Crippen molar-refractivity contribution in [3.05, 3.63) is 35.1 Å². The van der Waals surface area contributed by atoms with Crippen molar-refractivity contribution in [3.8, 4) is 0 Å². The van der Waals surface area contributed by atoms with Crippen molar-refractivity contribution in [1.29, 1.82) is 0 Å². The molecule has 0 aliphatic heterocycles. The second kappa shape index (κ2) is 3.60. The molecule has 1 atom stereocenters. The minimum atomic E-state index is -0.335. The minimum Gasteiger partial charge on any atom is -0.392 e. The molecule has 1 aliphatic carbocycles. The number of benzene rings is 1. The first-order chi connectivity index (χ1) is 7.01. The standard InChI is InChI=1S/C13H17FO/c1-9-3-4-11(14)7-10(9)8-12(15)13(2)5-6-13/h3-4,7,12,15H,5-6,8H2,1-2H3. The molecule has 2 rings (SSSR count). The largest absolute Gasteiger partial charge is 0.392 e. The van der Waals surface area contributed by atoms with E-state index in [0.717, 1.165) is 24.0 Å². The summed E-state index contributed by atoms with van der Waals surface area (Å²) in [6, 6.07) is 4.76. The topological polar surface area (TPSA) is 20.2 Å². The summed E-state index contributed by atoms with van der Waals surface area (Å²) in [7, 11) is 0. The third-order valence-electron chi connectivity index (χ3n) is 3.57. The second-order valence-electron chi connectivity index (χ2n) is 4.94. The summed E-state index contributed by atoms with van der Waals surface area (Å²) in [6.07, 6.45) is 2.41. The molecule has 1 aromatic carbocycles. The average Bonchev–Trinajstić information content (AvgIpc) is 2.91. The second-order valence-corrected chi connectivity index (χ2v) is 4.94. The molecule has 0 bridgehead atoms. The highest BCUT2D eigenvalue weighted by Gasteiger charge is 2.43. The van der Waals surface area contributed by atoms with E-state index in [-0.39, 0.29) is 17.3 Å². The summed E-state index contributed by atoms with van der Waals surface area (Å²) >= 11 is 0. The van der Waals surface area contributed by atoms with Gasteiger partial charge in [-0.1, -0.05) is 13.0 Å². The van der Waals surface area contributed by atoms with Gasteiger partial charge >= 0.3 is 0 Å². The molecule has 0 spiro atoms. The predicted molar refractivity (Wildman–Crippen MR) is 58.2 cm³/mol. The molecule has 1 nitrogen and oxygen atoms in total. The third-order valence-corrected chi connectivity index (χ3v) is 3.57. The van der Waals surface area contributed by atoms with E-state index in [9.17, 15) is 9.50 Å². The lowest BCUT2D eigenvalue weighted by atomic mass is 9.93. The lowest BCUT2D eigenvalue weighted by Gasteiger charge is -2.18. The van der Waals surface area contributed by atoms with Gasteiger partial charge in [-0.15, -0.1) is 0 Å². The van der Waals surface area contributed by atoms with E-state index < -0.39 is 0 Å². The van der Waals surface area contributed by atoms with Crippen LogP contribution >= 0.6 is 0 Å². The van der Waals surface area contributed by atoms with Crippen LogP contribution in [0.5, 0.6) is 0 Å². The summed E-state index contributed by atoms with van der Waals surface area (Å²) in [5.41, 5.74) is 2.06. The van der Waals surface area contributed by atoms with Crippen LogP contribution in [0.1, 0.15) is 30.9 Å². The highest BCUT2D eigenvalue weighted by Crippen LogP contribution is 2.48. The van der Waals surface area contributed by atoms with Crippen LogP contribution in [0.4, 0.5) is 4.39 Å². The SMILES string of the molecule is Cc1ccc(F)cc1CC(O)C1(C)CC1. The zero-order chi connectivity index (χ0) is 11.1. The van der Waals surface area contributed by atoms with Gasteiger partial charge in [0.25, 0.3) is 0 Å². The Balaban J connectivity index is 2.13. The Kier molecular flexibility index (Phi) is 2.55. The molecular weight excluding hydrogens is 191 g/mol. The molecule has 1 aliphatic rings. The van der Waals surface area contributed by atoms with Gasteiger partial charge < -0.3 is 5.11 Å². The predicted octanol–water partition coefficient (Wildman–Crippen LogP) is 2.84. The fourth-order valence-electron chi connectivity index (χ4n) is 1.85. The number of hydrogen-bond acceptors (Lipinski definition) is 1. The van der Waals surface area contributed by atoms with E-state index in [2.05, 4.69) is 6.92 Å². The normalized spacial score (nSPS) is 20.0. The highest BCUT2D eigenvalue weighted by atomic mass is 19.1. The maximum Gasteiger partial charge on any atom is 0.123 e. The van der Waals surface area contributed by atoms with Crippen molar-refractivity contribution in [1.82, 2.24) is 0 Å². The van der Waals surface area contributed by atoms with Gasteiger partial charge in [0, 0.05) is 0 Å². The monoisotopic (exact) mass is 208 g/mol. The van der Waals surface area contributed by atoms with Crippen LogP contribution in [0, 0.1) is 18.2 Å². The van der Waals surface area contributed by atoms with Gasteiger partial charge in [-0.3, -0.25) is 0 Å². The third kappa shape index (κ3) is 2.20. The van der Waals surface area contributed by atoms with E-state index in [1.165, 1.54) is 12.1 Å². The Morgan fingerprint density at radius 3 is 2.73 bits per heavy atom. The number of rotatable bonds is 3. The summed E-state index contributed by atoms with van der Waals surface area (Å²) in [6.45, 7) is 4.04. The molecule has 82 valence electrons. The van der Waals surface area contributed by atoms with E-state index in [1.807, 2.05) is 6.92 Å². The number of aryl methyl sites for hydroxylation is 1. The van der Waals surface area contributed by atoms with E-state index in [1.54, 1.807) is 6.07 Å². The Labute approximate surface area is 89.9 Å². The minimum absolute atomic E-state index is 0.0821. The zero-order valence-electron chi connectivity index (χ0n) is 9.26. The van der Waals surface area contributed by atoms with Gasteiger partial charge in [-0.2, -0.15) is 0 Å². The van der Waals surface area contributed by atoms with Crippen LogP contribution in [0.3, 0.4) is 0 Å². The van der Waals surface area contributed by atoms with Crippen molar-refractivity contribution in [2.45, 2.75) is 39.2 Å². The van der Waals surface area contributed by atoms with Crippen LogP contribution in [0.25, 0.3) is 0 Å². The molecule has 15 heavy (non-hydrogen) atoms. The van der Waals surface area contributed by atoms with Crippen LogP contribution in [0.15, 0.2) is 18.2 Å². The number of halogens is 1. The maximum absolute atomic E-state index is 13.0. The Hall–Kier alpha value is -0.890. The number of hydrogen-bond donors (Lipinski definition) is 1. The molecular formula is C13H17FO. The lowest BCUT2D eigenvalue weighted by molar-refractivity contribution is 0.103. The molecule has 1 aromatic rings. The first-order valence-electron chi connectivity index (χ1n) is 5.44. The smallest absolute Gasteiger partial charge is 0.123 e. The molecule has 1 saturated carbocycles. The van der Waals surface area contributed by atoms with Crippen molar-refractivity contribution < 1.29 is 9.50 Å². The summed E-state index contributed by atoms with van der Waals surface area (Å²) in [5.74, 6) is -0.219. The first-order valence-corrected chi connectivity index (χ1v) is 5.44. The van der Waals surface area contributed by atoms with Gasteiger partial charge in [0.15, 0.2) is 0 Å². The Morgan fingerprint density at radius 2 is 2.13 bits per heavy atom. The molecule has 0 saturated heterocycles. The molecule has 2 heteroatoms. The van der Waals surface area contributed by atoms with Gasteiger partial charge in [0.05, 0.1) is 6.10 Å². The van der Waals surface area contributed by atoms with Gasteiger partial charge in [0.2, 0.25) is 0 Å². The van der Waals surface area contributed by atoms with Crippen LogP contribution < -0.4 is 0 Å². The van der Waals surface area contributed by atoms with Gasteiger partial charge in [-0.25, -0.2) is 4.39 Å². The first kappa shape index (κ1) is 10.6. The Morgan fingerprint density at radius 1 is 1.47 bits per heavy atom. The lowest BCUT2D eigenvalue weighted by Crippen LogP contribution is -2.21. The molecule has 0 radical (unpaired) electrons.